The van der Waals surface area contributed by atoms with Gasteiger partial charge >= 0.3 is 0 Å². The third-order valence-corrected chi connectivity index (χ3v) is 6.79. The summed E-state index contributed by atoms with van der Waals surface area (Å²) in [6.07, 6.45) is 2.38. The van der Waals surface area contributed by atoms with E-state index in [0.717, 1.165) is 0 Å². The molecule has 4 rings (SSSR count). The second-order valence-electron chi connectivity index (χ2n) is 7.74. The number of rotatable bonds is 4. The van der Waals surface area contributed by atoms with Crippen molar-refractivity contribution in [2.45, 2.75) is 46.0 Å². The quantitative estimate of drug-likeness (QED) is 0.475. The molecule has 3 aromatic carbocycles. The highest BCUT2D eigenvalue weighted by molar-refractivity contribution is 6.03. The van der Waals surface area contributed by atoms with Gasteiger partial charge in [0.05, 0.1) is 0 Å². The summed E-state index contributed by atoms with van der Waals surface area (Å²) < 4.78 is 0. The summed E-state index contributed by atoms with van der Waals surface area (Å²) in [5.74, 6) is 1.20. The number of hydrogen-bond donors (Lipinski definition) is 0. The molecule has 0 amide bonds. The van der Waals surface area contributed by atoms with Crippen molar-refractivity contribution in [1.82, 2.24) is 0 Å². The van der Waals surface area contributed by atoms with Gasteiger partial charge in [-0.15, -0.1) is 0 Å². The van der Waals surface area contributed by atoms with Crippen LogP contribution in [0.1, 0.15) is 51.7 Å². The predicted molar refractivity (Wildman–Crippen MR) is 109 cm³/mol. The van der Waals surface area contributed by atoms with Crippen LogP contribution in [-0.2, 0) is 5.41 Å². The lowest BCUT2D eigenvalue weighted by molar-refractivity contribution is 0.231. The van der Waals surface area contributed by atoms with Crippen LogP contribution in [-0.4, -0.2) is 0 Å². The van der Waals surface area contributed by atoms with E-state index < -0.39 is 0 Å². The Hall–Kier alpha value is -2.08. The summed E-state index contributed by atoms with van der Waals surface area (Å²) in [6, 6.07) is 22.9. The first kappa shape index (κ1) is 16.4. The SMILES string of the molecule is CC[C@@H](C)C1([C@@H](C)CC)c2ccccc2-c2cccc3cccc1c23. The van der Waals surface area contributed by atoms with Gasteiger partial charge in [0.25, 0.3) is 0 Å². The number of hydrogen-bond acceptors (Lipinski definition) is 0. The Labute approximate surface area is 151 Å². The lowest BCUT2D eigenvalue weighted by Gasteiger charge is -2.49. The molecule has 0 radical (unpaired) electrons. The summed E-state index contributed by atoms with van der Waals surface area (Å²) in [5.41, 5.74) is 6.01. The molecule has 0 fully saturated rings. The first-order valence-electron chi connectivity index (χ1n) is 9.78. The predicted octanol–water partition coefficient (Wildman–Crippen LogP) is 7.20. The highest BCUT2D eigenvalue weighted by Gasteiger charge is 2.47. The zero-order valence-electron chi connectivity index (χ0n) is 15.8. The second kappa shape index (κ2) is 6.02. The molecule has 0 nitrogen and oxygen atoms in total. The Bertz CT molecular complexity index is 903. The van der Waals surface area contributed by atoms with Gasteiger partial charge in [0.1, 0.15) is 0 Å². The molecule has 0 saturated heterocycles. The molecule has 0 aliphatic heterocycles. The minimum atomic E-state index is 0.0912. The van der Waals surface area contributed by atoms with Crippen LogP contribution in [0.2, 0.25) is 0 Å². The molecule has 0 heteroatoms. The van der Waals surface area contributed by atoms with Crippen molar-refractivity contribution in [3.8, 4) is 11.1 Å². The van der Waals surface area contributed by atoms with Gasteiger partial charge in [-0.3, -0.25) is 0 Å². The molecule has 3 atom stereocenters. The molecule has 3 aromatic rings. The molecule has 128 valence electrons. The number of benzene rings is 3. The molecule has 0 heterocycles. The van der Waals surface area contributed by atoms with E-state index in [1.165, 1.54) is 40.3 Å². The summed E-state index contributed by atoms with van der Waals surface area (Å²) in [4.78, 5) is 0. The van der Waals surface area contributed by atoms with Gasteiger partial charge in [-0.1, -0.05) is 101 Å². The van der Waals surface area contributed by atoms with Crippen LogP contribution >= 0.6 is 0 Å². The normalized spacial score (nSPS) is 21.0. The monoisotopic (exact) mass is 328 g/mol. The molecule has 1 aliphatic carbocycles. The van der Waals surface area contributed by atoms with Crippen molar-refractivity contribution < 1.29 is 0 Å². The van der Waals surface area contributed by atoms with Gasteiger partial charge < -0.3 is 0 Å². The Morgan fingerprint density at radius 1 is 0.680 bits per heavy atom. The lowest BCUT2D eigenvalue weighted by atomic mass is 9.54. The third-order valence-electron chi connectivity index (χ3n) is 6.79. The van der Waals surface area contributed by atoms with Crippen molar-refractivity contribution in [2.24, 2.45) is 11.8 Å². The molecule has 0 aromatic heterocycles. The zero-order chi connectivity index (χ0) is 17.6. The van der Waals surface area contributed by atoms with E-state index in [2.05, 4.69) is 88.4 Å². The fraction of sp³-hybridized carbons (Fsp3) is 0.360. The zero-order valence-corrected chi connectivity index (χ0v) is 15.8. The maximum atomic E-state index is 2.45. The summed E-state index contributed by atoms with van der Waals surface area (Å²) in [5, 5.41) is 2.85. The van der Waals surface area contributed by atoms with Crippen LogP contribution in [0.3, 0.4) is 0 Å². The molecule has 25 heavy (non-hydrogen) atoms. The Kier molecular flexibility index (Phi) is 3.95. The number of fused-ring (bicyclic) bond motifs is 2. The highest BCUT2D eigenvalue weighted by atomic mass is 14.5. The molecule has 0 saturated carbocycles. The van der Waals surface area contributed by atoms with Gasteiger partial charge in [-0.05, 0) is 44.9 Å². The van der Waals surface area contributed by atoms with Crippen LogP contribution in [0.4, 0.5) is 0 Å². The highest BCUT2D eigenvalue weighted by Crippen LogP contribution is 2.56. The fourth-order valence-electron chi connectivity index (χ4n) is 5.33. The second-order valence-corrected chi connectivity index (χ2v) is 7.74. The summed E-state index contributed by atoms with van der Waals surface area (Å²) in [6.45, 7) is 9.60. The smallest absolute Gasteiger partial charge is 0.0266 e. The first-order valence-corrected chi connectivity index (χ1v) is 9.78. The van der Waals surface area contributed by atoms with E-state index in [4.69, 9.17) is 0 Å². The molecular weight excluding hydrogens is 300 g/mol. The van der Waals surface area contributed by atoms with E-state index >= 15 is 0 Å². The lowest BCUT2D eigenvalue weighted by Crippen LogP contribution is -2.43. The summed E-state index contributed by atoms with van der Waals surface area (Å²) in [7, 11) is 0. The van der Waals surface area contributed by atoms with Gasteiger partial charge in [-0.25, -0.2) is 0 Å². The van der Waals surface area contributed by atoms with Crippen LogP contribution in [0.15, 0.2) is 60.7 Å². The molecule has 0 bridgehead atoms. The van der Waals surface area contributed by atoms with E-state index in [9.17, 15) is 0 Å². The minimum absolute atomic E-state index is 0.0912. The molecule has 0 spiro atoms. The minimum Gasteiger partial charge on any atom is -0.0651 e. The van der Waals surface area contributed by atoms with E-state index in [-0.39, 0.29) is 5.41 Å². The van der Waals surface area contributed by atoms with Crippen LogP contribution in [0.25, 0.3) is 21.9 Å². The Morgan fingerprint density at radius 2 is 1.24 bits per heavy atom. The standard InChI is InChI=1S/C25H28/c1-5-17(3)25(18(4)6-2)22-15-8-7-13-20(22)21-14-9-11-19-12-10-16-23(25)24(19)21/h7-18H,5-6H2,1-4H3/t17-,18+,25?. The average molecular weight is 328 g/mol. The van der Waals surface area contributed by atoms with Crippen molar-refractivity contribution >= 4 is 10.8 Å². The molecular formula is C25H28. The van der Waals surface area contributed by atoms with Crippen LogP contribution < -0.4 is 0 Å². The van der Waals surface area contributed by atoms with Crippen molar-refractivity contribution in [3.05, 3.63) is 71.8 Å². The van der Waals surface area contributed by atoms with Crippen molar-refractivity contribution in [3.63, 3.8) is 0 Å². The Morgan fingerprint density at radius 3 is 1.92 bits per heavy atom. The Balaban J connectivity index is 2.23. The third kappa shape index (κ3) is 2.06. The molecule has 1 aliphatic rings. The molecule has 0 N–H and O–H groups in total. The van der Waals surface area contributed by atoms with Gasteiger partial charge in [0.15, 0.2) is 0 Å². The van der Waals surface area contributed by atoms with E-state index in [1.54, 1.807) is 5.56 Å². The van der Waals surface area contributed by atoms with Crippen molar-refractivity contribution in [1.29, 1.82) is 0 Å². The van der Waals surface area contributed by atoms with Gasteiger partial charge in [-0.2, -0.15) is 0 Å². The van der Waals surface area contributed by atoms with Crippen LogP contribution in [0.5, 0.6) is 0 Å². The maximum Gasteiger partial charge on any atom is 0.0266 e. The largest absolute Gasteiger partial charge is 0.0651 e. The average Bonchev–Trinajstić information content (AvgIpc) is 2.68. The summed E-state index contributed by atoms with van der Waals surface area (Å²) >= 11 is 0. The van der Waals surface area contributed by atoms with E-state index in [1.807, 2.05) is 0 Å². The van der Waals surface area contributed by atoms with E-state index in [0.29, 0.717) is 11.8 Å². The van der Waals surface area contributed by atoms with Gasteiger partial charge in [0, 0.05) is 5.41 Å². The van der Waals surface area contributed by atoms with Gasteiger partial charge in [0.2, 0.25) is 0 Å². The fourth-order valence-corrected chi connectivity index (χ4v) is 5.33. The van der Waals surface area contributed by atoms with Crippen LogP contribution in [0, 0.1) is 11.8 Å². The molecule has 1 unspecified atom stereocenters. The maximum absolute atomic E-state index is 2.45. The van der Waals surface area contributed by atoms with Crippen molar-refractivity contribution in [2.75, 3.05) is 0 Å². The first-order chi connectivity index (χ1) is 12.2. The topological polar surface area (TPSA) is 0 Å².